The van der Waals surface area contributed by atoms with E-state index in [1.807, 2.05) is 17.9 Å². The number of carbonyl (C=O) groups excluding carboxylic acids is 1. The summed E-state index contributed by atoms with van der Waals surface area (Å²) in [5.74, 6) is 0.806. The van der Waals surface area contributed by atoms with Crippen LogP contribution in [0.5, 0.6) is 5.75 Å². The van der Waals surface area contributed by atoms with Gasteiger partial charge in [-0.15, -0.1) is 0 Å². The fraction of sp³-hybridized carbons (Fsp3) is 0.565. The van der Waals surface area contributed by atoms with Crippen molar-refractivity contribution in [2.24, 2.45) is 0 Å². The lowest BCUT2D eigenvalue weighted by atomic mass is 9.95. The molecule has 30 heavy (non-hydrogen) atoms. The Morgan fingerprint density at radius 3 is 2.90 bits per heavy atom. The van der Waals surface area contributed by atoms with Crippen LogP contribution in [0.2, 0.25) is 5.02 Å². The van der Waals surface area contributed by atoms with E-state index in [1.54, 1.807) is 0 Å². The maximum absolute atomic E-state index is 13.2. The number of aromatic amines is 1. The number of benzene rings is 1. The average molecular weight is 431 g/mol. The summed E-state index contributed by atoms with van der Waals surface area (Å²) in [6.45, 7) is 5.71. The second kappa shape index (κ2) is 9.84. The molecule has 2 aliphatic rings. The number of rotatable bonds is 1. The number of aryl methyl sites for hydroxylation is 2. The first-order chi connectivity index (χ1) is 14.6. The SMILES string of the molecule is Cc1[nH]nc(C(=O)N2CCCOc3cccc(c3)CCC3CCCCN3CC2)c1Cl. The van der Waals surface area contributed by atoms with Crippen LogP contribution < -0.4 is 4.74 Å². The molecule has 2 aromatic rings. The Balaban J connectivity index is 1.53. The molecule has 0 spiro atoms. The number of hydrogen-bond donors (Lipinski definition) is 1. The highest BCUT2D eigenvalue weighted by molar-refractivity contribution is 6.34. The maximum atomic E-state index is 13.2. The monoisotopic (exact) mass is 430 g/mol. The smallest absolute Gasteiger partial charge is 0.275 e. The van der Waals surface area contributed by atoms with Gasteiger partial charge in [-0.2, -0.15) is 5.10 Å². The lowest BCUT2D eigenvalue weighted by Crippen LogP contribution is -2.45. The van der Waals surface area contributed by atoms with E-state index in [-0.39, 0.29) is 5.91 Å². The first kappa shape index (κ1) is 21.2. The van der Waals surface area contributed by atoms with E-state index < -0.39 is 0 Å². The van der Waals surface area contributed by atoms with E-state index in [0.717, 1.165) is 43.8 Å². The molecule has 3 heterocycles. The van der Waals surface area contributed by atoms with Crippen molar-refractivity contribution in [1.29, 1.82) is 0 Å². The molecule has 1 N–H and O–H groups in total. The number of nitrogens with zero attached hydrogens (tertiary/aromatic N) is 3. The molecular weight excluding hydrogens is 400 g/mol. The van der Waals surface area contributed by atoms with Crippen molar-refractivity contribution in [3.63, 3.8) is 0 Å². The van der Waals surface area contributed by atoms with Crippen molar-refractivity contribution in [2.75, 3.05) is 32.8 Å². The fourth-order valence-corrected chi connectivity index (χ4v) is 4.69. The van der Waals surface area contributed by atoms with E-state index in [4.69, 9.17) is 16.3 Å². The molecule has 1 fully saturated rings. The maximum Gasteiger partial charge on any atom is 0.275 e. The minimum atomic E-state index is -0.105. The third-order valence-electron chi connectivity index (χ3n) is 6.27. The first-order valence-corrected chi connectivity index (χ1v) is 11.4. The second-order valence-corrected chi connectivity index (χ2v) is 8.76. The van der Waals surface area contributed by atoms with E-state index in [1.165, 1.54) is 24.8 Å². The Hall–Kier alpha value is -2.05. The van der Waals surface area contributed by atoms with Gasteiger partial charge in [0.2, 0.25) is 0 Å². The van der Waals surface area contributed by atoms with Gasteiger partial charge >= 0.3 is 0 Å². The van der Waals surface area contributed by atoms with Gasteiger partial charge in [0.25, 0.3) is 5.91 Å². The van der Waals surface area contributed by atoms with Crippen LogP contribution in [0.3, 0.4) is 0 Å². The van der Waals surface area contributed by atoms with Crippen LogP contribution in [0, 0.1) is 6.92 Å². The number of ether oxygens (including phenoxy) is 1. The topological polar surface area (TPSA) is 61.5 Å². The second-order valence-electron chi connectivity index (χ2n) is 8.38. The standard InChI is InChI=1S/C23H31ClN4O2/c1-17-21(24)22(26-25-17)23(29)28-12-5-15-30-20-8-4-6-18(16-20)9-10-19-7-2-3-11-27(19)13-14-28/h4,6,8,16,19H,2-3,5,7,9-15H2,1H3,(H,25,26). The molecule has 1 saturated heterocycles. The van der Waals surface area contributed by atoms with Gasteiger partial charge in [0.05, 0.1) is 17.3 Å². The number of halogens is 1. The molecule has 1 amide bonds. The molecule has 1 unspecified atom stereocenters. The zero-order chi connectivity index (χ0) is 20.9. The minimum Gasteiger partial charge on any atom is -0.494 e. The van der Waals surface area contributed by atoms with Crippen LogP contribution in [0.25, 0.3) is 0 Å². The van der Waals surface area contributed by atoms with Gasteiger partial charge in [-0.3, -0.25) is 14.8 Å². The van der Waals surface area contributed by atoms with Gasteiger partial charge in [-0.25, -0.2) is 0 Å². The number of hydrogen-bond acceptors (Lipinski definition) is 4. The summed E-state index contributed by atoms with van der Waals surface area (Å²) in [6, 6.07) is 9.01. The minimum absolute atomic E-state index is 0.105. The third kappa shape index (κ3) is 4.98. The van der Waals surface area contributed by atoms with Gasteiger partial charge < -0.3 is 9.64 Å². The van der Waals surface area contributed by atoms with E-state index >= 15 is 0 Å². The molecule has 6 nitrogen and oxygen atoms in total. The highest BCUT2D eigenvalue weighted by Crippen LogP contribution is 2.24. The lowest BCUT2D eigenvalue weighted by Gasteiger charge is -2.37. The number of piperidine rings is 1. The van der Waals surface area contributed by atoms with Crippen LogP contribution in [0.1, 0.15) is 53.8 Å². The van der Waals surface area contributed by atoms with Crippen LogP contribution in [-0.4, -0.2) is 64.7 Å². The molecule has 162 valence electrons. The molecule has 7 heteroatoms. The summed E-state index contributed by atoms with van der Waals surface area (Å²) in [4.78, 5) is 17.6. The highest BCUT2D eigenvalue weighted by atomic mass is 35.5. The predicted octanol–water partition coefficient (Wildman–Crippen LogP) is 4.08. The van der Waals surface area contributed by atoms with Gasteiger partial charge in [0.1, 0.15) is 5.75 Å². The molecule has 2 aliphatic heterocycles. The number of aromatic nitrogens is 2. The lowest BCUT2D eigenvalue weighted by molar-refractivity contribution is 0.0677. The van der Waals surface area contributed by atoms with E-state index in [9.17, 15) is 4.79 Å². The Kier molecular flexibility index (Phi) is 6.95. The average Bonchev–Trinajstić information content (AvgIpc) is 3.10. The fourth-order valence-electron chi connectivity index (χ4n) is 4.52. The van der Waals surface area contributed by atoms with Gasteiger partial charge in [0.15, 0.2) is 5.69 Å². The van der Waals surface area contributed by atoms with Crippen LogP contribution in [0.15, 0.2) is 24.3 Å². The Morgan fingerprint density at radius 2 is 2.07 bits per heavy atom. The summed E-state index contributed by atoms with van der Waals surface area (Å²) in [5.41, 5.74) is 2.39. The highest BCUT2D eigenvalue weighted by Gasteiger charge is 2.26. The molecule has 4 rings (SSSR count). The van der Waals surface area contributed by atoms with Crippen molar-refractivity contribution in [3.8, 4) is 5.75 Å². The molecular formula is C23H31ClN4O2. The summed E-state index contributed by atoms with van der Waals surface area (Å²) >= 11 is 6.31. The van der Waals surface area contributed by atoms with Crippen molar-refractivity contribution in [2.45, 2.75) is 51.5 Å². The van der Waals surface area contributed by atoms with E-state index in [0.29, 0.717) is 36.5 Å². The largest absolute Gasteiger partial charge is 0.494 e. The van der Waals surface area contributed by atoms with E-state index in [2.05, 4.69) is 33.3 Å². The molecule has 1 atom stereocenters. The summed E-state index contributed by atoms with van der Waals surface area (Å²) < 4.78 is 5.96. The third-order valence-corrected chi connectivity index (χ3v) is 6.74. The van der Waals surface area contributed by atoms with Gasteiger partial charge in [-0.05, 0) is 63.3 Å². The Labute approximate surface area is 183 Å². The summed E-state index contributed by atoms with van der Waals surface area (Å²) in [6.07, 6.45) is 6.72. The Morgan fingerprint density at radius 1 is 1.17 bits per heavy atom. The molecule has 0 saturated carbocycles. The zero-order valence-corrected chi connectivity index (χ0v) is 18.5. The number of carbonyl (C=O) groups is 1. The summed E-state index contributed by atoms with van der Waals surface area (Å²) in [5, 5.41) is 7.40. The van der Waals surface area contributed by atoms with Crippen LogP contribution in [-0.2, 0) is 6.42 Å². The molecule has 0 radical (unpaired) electrons. The number of nitrogens with one attached hydrogen (secondary N) is 1. The number of fused-ring (bicyclic) bond motifs is 3. The first-order valence-electron chi connectivity index (χ1n) is 11.1. The van der Waals surface area contributed by atoms with Crippen LogP contribution in [0.4, 0.5) is 0 Å². The Bertz CT molecular complexity index is 869. The molecule has 2 bridgehead atoms. The van der Waals surface area contributed by atoms with Gasteiger partial charge in [-0.1, -0.05) is 30.2 Å². The van der Waals surface area contributed by atoms with Crippen molar-refractivity contribution < 1.29 is 9.53 Å². The number of amides is 1. The molecule has 1 aromatic carbocycles. The molecule has 0 aliphatic carbocycles. The van der Waals surface area contributed by atoms with Crippen LogP contribution >= 0.6 is 11.6 Å². The molecule has 1 aromatic heterocycles. The predicted molar refractivity (Wildman–Crippen MR) is 118 cm³/mol. The van der Waals surface area contributed by atoms with Crippen molar-refractivity contribution in [3.05, 3.63) is 46.2 Å². The summed E-state index contributed by atoms with van der Waals surface area (Å²) in [7, 11) is 0. The van der Waals surface area contributed by atoms with Crippen molar-refractivity contribution >= 4 is 17.5 Å². The number of H-pyrrole nitrogens is 1. The normalized spacial score (nSPS) is 21.4. The zero-order valence-electron chi connectivity index (χ0n) is 17.7. The van der Waals surface area contributed by atoms with Gasteiger partial charge in [0, 0.05) is 25.7 Å². The quantitative estimate of drug-likeness (QED) is 0.740. The van der Waals surface area contributed by atoms with Crippen molar-refractivity contribution in [1.82, 2.24) is 20.0 Å².